The average Bonchev–Trinajstić information content (AvgIpc) is 3.40. The lowest BCUT2D eigenvalue weighted by atomic mass is 9.99. The van der Waals surface area contributed by atoms with E-state index in [0.29, 0.717) is 5.56 Å². The monoisotopic (exact) mass is 538 g/mol. The third kappa shape index (κ3) is 6.39. The second kappa shape index (κ2) is 11.3. The number of non-ortho nitro benzene ring substituents is 1. The van der Waals surface area contributed by atoms with Gasteiger partial charge in [-0.2, -0.15) is 13.2 Å². The molecule has 0 amide bonds. The van der Waals surface area contributed by atoms with Crippen molar-refractivity contribution in [3.8, 4) is 11.3 Å². The summed E-state index contributed by atoms with van der Waals surface area (Å²) in [5.74, 6) is -2.25. The number of furan rings is 1. The first-order valence-corrected chi connectivity index (χ1v) is 11.6. The largest absolute Gasteiger partial charge is 0.480 e. The van der Waals surface area contributed by atoms with Crippen LogP contribution in [0, 0.1) is 10.1 Å². The first-order valence-electron chi connectivity index (χ1n) is 11.6. The number of halogens is 3. The number of Topliss-reactive ketones (excluding diaryl/α,β-unsaturated/α-hetero) is 1. The van der Waals surface area contributed by atoms with Crippen LogP contribution in [-0.4, -0.2) is 27.8 Å². The number of benzene rings is 3. The predicted octanol–water partition coefficient (Wildman–Crippen LogP) is 6.08. The van der Waals surface area contributed by atoms with Crippen LogP contribution in [0.3, 0.4) is 0 Å². The summed E-state index contributed by atoms with van der Waals surface area (Å²) in [6.07, 6.45) is -4.68. The van der Waals surface area contributed by atoms with E-state index in [1.165, 1.54) is 42.5 Å². The van der Waals surface area contributed by atoms with Crippen LogP contribution in [0.4, 0.5) is 18.9 Å². The molecule has 0 fully saturated rings. The molecule has 0 spiro atoms. The minimum absolute atomic E-state index is 0.00924. The van der Waals surface area contributed by atoms with Crippen LogP contribution in [0.25, 0.3) is 11.3 Å². The fourth-order valence-corrected chi connectivity index (χ4v) is 4.07. The third-order valence-electron chi connectivity index (χ3n) is 5.98. The maximum absolute atomic E-state index is 13.6. The van der Waals surface area contributed by atoms with Gasteiger partial charge in [0.05, 0.1) is 10.5 Å². The summed E-state index contributed by atoms with van der Waals surface area (Å²) in [7, 11) is 0. The summed E-state index contributed by atoms with van der Waals surface area (Å²) in [6, 6.07) is 17.9. The number of nitro groups is 1. The van der Waals surface area contributed by atoms with Crippen molar-refractivity contribution >= 4 is 17.4 Å². The molecule has 1 heterocycles. The molecule has 4 rings (SSSR count). The maximum atomic E-state index is 13.6. The van der Waals surface area contributed by atoms with Gasteiger partial charge in [-0.3, -0.25) is 25.0 Å². The molecule has 8 nitrogen and oxygen atoms in total. The summed E-state index contributed by atoms with van der Waals surface area (Å²) < 4.78 is 46.5. The van der Waals surface area contributed by atoms with Crippen molar-refractivity contribution in [3.05, 3.63) is 124 Å². The van der Waals surface area contributed by atoms with Crippen LogP contribution < -0.4 is 5.32 Å². The van der Waals surface area contributed by atoms with Gasteiger partial charge in [0.2, 0.25) is 0 Å². The quantitative estimate of drug-likeness (QED) is 0.142. The maximum Gasteiger partial charge on any atom is 0.417 e. The molecule has 2 unspecified atom stereocenters. The Morgan fingerprint density at radius 1 is 0.923 bits per heavy atom. The number of nitro benzene ring substituents is 1. The molecule has 2 atom stereocenters. The molecule has 0 saturated heterocycles. The van der Waals surface area contributed by atoms with E-state index in [4.69, 9.17) is 4.42 Å². The van der Waals surface area contributed by atoms with Gasteiger partial charge in [0.25, 0.3) is 5.69 Å². The number of carboxylic acids is 1. The fourth-order valence-electron chi connectivity index (χ4n) is 4.07. The Morgan fingerprint density at radius 2 is 1.56 bits per heavy atom. The number of rotatable bonds is 10. The van der Waals surface area contributed by atoms with E-state index in [1.807, 2.05) is 0 Å². The van der Waals surface area contributed by atoms with Gasteiger partial charge in [-0.1, -0.05) is 48.5 Å². The van der Waals surface area contributed by atoms with E-state index in [0.717, 1.165) is 18.2 Å². The van der Waals surface area contributed by atoms with Crippen molar-refractivity contribution in [1.82, 2.24) is 5.32 Å². The summed E-state index contributed by atoms with van der Waals surface area (Å²) >= 11 is 0. The minimum atomic E-state index is -4.67. The Labute approximate surface area is 219 Å². The molecular weight excluding hydrogens is 517 g/mol. The number of alkyl halides is 3. The van der Waals surface area contributed by atoms with E-state index in [-0.39, 0.29) is 34.8 Å². The van der Waals surface area contributed by atoms with Gasteiger partial charge in [-0.25, -0.2) is 0 Å². The Balaban J connectivity index is 1.74. The zero-order valence-electron chi connectivity index (χ0n) is 20.1. The molecule has 3 aromatic carbocycles. The van der Waals surface area contributed by atoms with Gasteiger partial charge in [0.15, 0.2) is 5.78 Å². The van der Waals surface area contributed by atoms with E-state index in [2.05, 4.69) is 5.32 Å². The highest BCUT2D eigenvalue weighted by Crippen LogP contribution is 2.38. The molecule has 11 heteroatoms. The second-order valence-corrected chi connectivity index (χ2v) is 8.59. The highest BCUT2D eigenvalue weighted by molar-refractivity contribution is 6.01. The van der Waals surface area contributed by atoms with Crippen molar-refractivity contribution in [2.45, 2.75) is 24.7 Å². The van der Waals surface area contributed by atoms with Gasteiger partial charge in [0.1, 0.15) is 23.6 Å². The van der Waals surface area contributed by atoms with Crippen LogP contribution in [0.15, 0.2) is 95.4 Å². The fraction of sp³-hybridized carbons (Fsp3) is 0.143. The normalized spacial score (nSPS) is 13.0. The molecule has 0 aliphatic carbocycles. The Morgan fingerprint density at radius 3 is 2.18 bits per heavy atom. The highest BCUT2D eigenvalue weighted by Gasteiger charge is 2.35. The van der Waals surface area contributed by atoms with Crippen LogP contribution >= 0.6 is 0 Å². The number of carbonyl (C=O) groups is 2. The molecule has 2 N–H and O–H groups in total. The molecule has 1 aromatic heterocycles. The molecule has 0 aliphatic rings. The number of aliphatic carboxylic acids is 1. The summed E-state index contributed by atoms with van der Waals surface area (Å²) in [5, 5.41) is 23.7. The van der Waals surface area contributed by atoms with Gasteiger partial charge in [-0.05, 0) is 42.3 Å². The molecule has 0 radical (unpaired) electrons. The Hall–Kier alpha value is -4.77. The molecule has 0 saturated carbocycles. The van der Waals surface area contributed by atoms with E-state index >= 15 is 0 Å². The summed E-state index contributed by atoms with van der Waals surface area (Å²) in [6.45, 7) is 0. The van der Waals surface area contributed by atoms with Crippen molar-refractivity contribution in [3.63, 3.8) is 0 Å². The third-order valence-corrected chi connectivity index (χ3v) is 5.98. The lowest BCUT2D eigenvalue weighted by Gasteiger charge is -2.21. The van der Waals surface area contributed by atoms with Crippen LogP contribution in [0.2, 0.25) is 0 Å². The molecule has 39 heavy (non-hydrogen) atoms. The van der Waals surface area contributed by atoms with Crippen molar-refractivity contribution in [1.29, 1.82) is 0 Å². The molecule has 0 bridgehead atoms. The van der Waals surface area contributed by atoms with E-state index in [9.17, 15) is 38.0 Å². The standard InChI is InChI=1S/C28H21F3N2O6/c29-28(30,31)21-9-5-4-8-20(21)23-14-15-24(39-23)25(26(34)18-10-12-19(13-11-18)33(37)38)32-22(27(35)36)16-17-6-2-1-3-7-17/h1-15,22,25,32H,16H2,(H,35,36). The Bertz CT molecular complexity index is 1480. The van der Waals surface area contributed by atoms with E-state index in [1.54, 1.807) is 30.3 Å². The molecule has 200 valence electrons. The summed E-state index contributed by atoms with van der Waals surface area (Å²) in [4.78, 5) is 36.0. The first kappa shape index (κ1) is 27.3. The smallest absolute Gasteiger partial charge is 0.417 e. The number of carbonyl (C=O) groups excluding carboxylic acids is 1. The highest BCUT2D eigenvalue weighted by atomic mass is 19.4. The first-order chi connectivity index (χ1) is 18.5. The topological polar surface area (TPSA) is 123 Å². The number of nitrogens with zero attached hydrogens (tertiary/aromatic N) is 1. The minimum Gasteiger partial charge on any atom is -0.480 e. The van der Waals surface area contributed by atoms with Gasteiger partial charge in [0, 0.05) is 23.3 Å². The number of ketones is 1. The van der Waals surface area contributed by atoms with Crippen LogP contribution in [0.1, 0.15) is 33.3 Å². The lowest BCUT2D eigenvalue weighted by Crippen LogP contribution is -2.43. The van der Waals surface area contributed by atoms with Crippen molar-refractivity contribution in [2.24, 2.45) is 0 Å². The van der Waals surface area contributed by atoms with Crippen molar-refractivity contribution in [2.75, 3.05) is 0 Å². The average molecular weight is 538 g/mol. The van der Waals surface area contributed by atoms with Crippen LogP contribution in [0.5, 0.6) is 0 Å². The molecule has 0 aliphatic heterocycles. The summed E-state index contributed by atoms with van der Waals surface area (Å²) in [5.41, 5.74) is -0.775. The Kier molecular flexibility index (Phi) is 7.91. The van der Waals surface area contributed by atoms with Gasteiger partial charge in [-0.15, -0.1) is 0 Å². The zero-order valence-corrected chi connectivity index (χ0v) is 20.1. The van der Waals surface area contributed by atoms with Crippen molar-refractivity contribution < 1.29 is 37.2 Å². The predicted molar refractivity (Wildman–Crippen MR) is 134 cm³/mol. The number of carboxylic acid groups (broad SMARTS) is 1. The lowest BCUT2D eigenvalue weighted by molar-refractivity contribution is -0.384. The zero-order chi connectivity index (χ0) is 28.2. The molecule has 4 aromatic rings. The SMILES string of the molecule is O=C(O)C(Cc1ccccc1)NC(C(=O)c1ccc([N+](=O)[O-])cc1)c1ccc(-c2ccccc2C(F)(F)F)o1. The van der Waals surface area contributed by atoms with Gasteiger partial charge >= 0.3 is 12.1 Å². The van der Waals surface area contributed by atoms with Gasteiger partial charge < -0.3 is 9.52 Å². The van der Waals surface area contributed by atoms with Crippen LogP contribution in [-0.2, 0) is 17.4 Å². The second-order valence-electron chi connectivity index (χ2n) is 8.59. The number of hydrogen-bond acceptors (Lipinski definition) is 6. The van der Waals surface area contributed by atoms with E-state index < -0.39 is 40.5 Å². The molecular formula is C28H21F3N2O6. The number of nitrogens with one attached hydrogen (secondary N) is 1. The number of hydrogen-bond donors (Lipinski definition) is 2.